The van der Waals surface area contributed by atoms with Crippen molar-refractivity contribution in [2.45, 2.75) is 25.8 Å². The van der Waals surface area contributed by atoms with Crippen LogP contribution in [0.1, 0.15) is 19.8 Å². The quantitative estimate of drug-likeness (QED) is 0.823. The van der Waals surface area contributed by atoms with Crippen LogP contribution in [0.2, 0.25) is 0 Å². The molecule has 8 nitrogen and oxygen atoms in total. The van der Waals surface area contributed by atoms with Gasteiger partial charge in [-0.05, 0) is 18.6 Å². The van der Waals surface area contributed by atoms with Crippen LogP contribution < -0.4 is 19.7 Å². The number of hydrogen-bond donors (Lipinski definition) is 2. The molecule has 0 spiro atoms. The van der Waals surface area contributed by atoms with Crippen LogP contribution in [0.3, 0.4) is 0 Å². The van der Waals surface area contributed by atoms with Gasteiger partial charge in [-0.1, -0.05) is 6.92 Å². The van der Waals surface area contributed by atoms with Crippen molar-refractivity contribution in [2.75, 3.05) is 18.2 Å². The fraction of sp³-hybridized carbons (Fsp3) is 0.438. The van der Waals surface area contributed by atoms with Crippen molar-refractivity contribution < 1.29 is 29.0 Å². The van der Waals surface area contributed by atoms with E-state index in [0.29, 0.717) is 17.2 Å². The summed E-state index contributed by atoms with van der Waals surface area (Å²) >= 11 is 0. The minimum absolute atomic E-state index is 0.0519. The lowest BCUT2D eigenvalue weighted by Crippen LogP contribution is -2.43. The zero-order valence-corrected chi connectivity index (χ0v) is 13.2. The van der Waals surface area contributed by atoms with E-state index in [1.54, 1.807) is 25.1 Å². The number of benzene rings is 1. The van der Waals surface area contributed by atoms with Gasteiger partial charge in [0.25, 0.3) is 0 Å². The van der Waals surface area contributed by atoms with E-state index >= 15 is 0 Å². The van der Waals surface area contributed by atoms with Gasteiger partial charge in [0.05, 0.1) is 5.92 Å². The average Bonchev–Trinajstić information content (AvgIpc) is 3.17. The molecule has 2 heterocycles. The number of nitrogens with zero attached hydrogens (tertiary/aromatic N) is 1. The summed E-state index contributed by atoms with van der Waals surface area (Å²) in [6.45, 7) is 2.03. The predicted molar refractivity (Wildman–Crippen MR) is 82.9 cm³/mol. The molecule has 0 aliphatic carbocycles. The number of ether oxygens (including phenoxy) is 2. The van der Waals surface area contributed by atoms with Gasteiger partial charge in [-0.3, -0.25) is 9.59 Å². The van der Waals surface area contributed by atoms with Crippen LogP contribution in [0.4, 0.5) is 5.69 Å². The Bertz CT molecular complexity index is 689. The zero-order chi connectivity index (χ0) is 17.3. The van der Waals surface area contributed by atoms with Gasteiger partial charge >= 0.3 is 5.97 Å². The first-order valence-electron chi connectivity index (χ1n) is 7.72. The van der Waals surface area contributed by atoms with Crippen LogP contribution in [0.15, 0.2) is 18.2 Å². The van der Waals surface area contributed by atoms with Crippen LogP contribution in [0.25, 0.3) is 0 Å². The highest BCUT2D eigenvalue weighted by atomic mass is 16.7. The highest BCUT2D eigenvalue weighted by Crippen LogP contribution is 2.37. The third-order valence-corrected chi connectivity index (χ3v) is 4.19. The Hall–Kier alpha value is -2.77. The lowest BCUT2D eigenvalue weighted by Gasteiger charge is -2.18. The molecule has 1 aromatic carbocycles. The van der Waals surface area contributed by atoms with Crippen molar-refractivity contribution in [3.05, 3.63) is 18.2 Å². The molecule has 2 aliphatic heterocycles. The number of anilines is 1. The number of fused-ring (bicyclic) bond motifs is 1. The standard InChI is InChI=1S/C16H18N2O6/c1-2-11(16(21)22)17-15(20)9-5-14(19)18(7-9)10-3-4-12-13(6-10)24-8-23-12/h3-4,6,9,11H,2,5,7-8H2,1H3,(H,17,20)(H,21,22). The minimum Gasteiger partial charge on any atom is -0.480 e. The molecule has 2 unspecified atom stereocenters. The van der Waals surface area contributed by atoms with Crippen molar-refractivity contribution >= 4 is 23.5 Å². The lowest BCUT2D eigenvalue weighted by atomic mass is 10.1. The van der Waals surface area contributed by atoms with Gasteiger partial charge in [0.1, 0.15) is 6.04 Å². The smallest absolute Gasteiger partial charge is 0.326 e. The Morgan fingerprint density at radius 1 is 1.38 bits per heavy atom. The van der Waals surface area contributed by atoms with E-state index in [-0.39, 0.29) is 32.1 Å². The fourth-order valence-electron chi connectivity index (χ4n) is 2.81. The molecule has 1 aromatic rings. The van der Waals surface area contributed by atoms with Crippen molar-refractivity contribution in [1.29, 1.82) is 0 Å². The molecule has 2 atom stereocenters. The molecule has 0 bridgehead atoms. The Labute approximate surface area is 138 Å². The topological polar surface area (TPSA) is 105 Å². The highest BCUT2D eigenvalue weighted by molar-refractivity contribution is 6.01. The number of hydrogen-bond acceptors (Lipinski definition) is 5. The number of carbonyl (C=O) groups is 3. The number of aliphatic carboxylic acids is 1. The van der Waals surface area contributed by atoms with Crippen molar-refractivity contribution in [2.24, 2.45) is 5.92 Å². The maximum Gasteiger partial charge on any atom is 0.326 e. The first-order valence-corrected chi connectivity index (χ1v) is 7.72. The lowest BCUT2D eigenvalue weighted by molar-refractivity contribution is -0.142. The number of carbonyl (C=O) groups excluding carboxylic acids is 2. The van der Waals surface area contributed by atoms with E-state index in [4.69, 9.17) is 14.6 Å². The summed E-state index contributed by atoms with van der Waals surface area (Å²) < 4.78 is 10.5. The third-order valence-electron chi connectivity index (χ3n) is 4.19. The molecule has 128 valence electrons. The molecule has 1 saturated heterocycles. The number of carboxylic acid groups (broad SMARTS) is 1. The molecule has 2 N–H and O–H groups in total. The second kappa shape index (κ2) is 6.38. The van der Waals surface area contributed by atoms with Crippen LogP contribution in [0.5, 0.6) is 11.5 Å². The molecule has 0 saturated carbocycles. The van der Waals surface area contributed by atoms with E-state index in [1.165, 1.54) is 4.90 Å². The Balaban J connectivity index is 1.69. The first-order chi connectivity index (χ1) is 11.5. The van der Waals surface area contributed by atoms with E-state index in [1.807, 2.05) is 0 Å². The van der Waals surface area contributed by atoms with E-state index in [0.717, 1.165) is 0 Å². The molecule has 1 fully saturated rings. The van der Waals surface area contributed by atoms with Crippen LogP contribution in [-0.2, 0) is 14.4 Å². The summed E-state index contributed by atoms with van der Waals surface area (Å²) in [4.78, 5) is 37.0. The largest absolute Gasteiger partial charge is 0.480 e. The normalized spacial score (nSPS) is 20.1. The van der Waals surface area contributed by atoms with Crippen LogP contribution in [-0.4, -0.2) is 42.3 Å². The third kappa shape index (κ3) is 2.99. The van der Waals surface area contributed by atoms with Crippen LogP contribution >= 0.6 is 0 Å². The number of rotatable bonds is 5. The van der Waals surface area contributed by atoms with Gasteiger partial charge < -0.3 is 24.8 Å². The van der Waals surface area contributed by atoms with Crippen molar-refractivity contribution in [3.63, 3.8) is 0 Å². The molecule has 8 heteroatoms. The minimum atomic E-state index is -1.08. The molecule has 0 aromatic heterocycles. The molecule has 2 amide bonds. The van der Waals surface area contributed by atoms with Gasteiger partial charge in [0, 0.05) is 24.7 Å². The molecular weight excluding hydrogens is 316 g/mol. The summed E-state index contributed by atoms with van der Waals surface area (Å²) in [6.07, 6.45) is 0.337. The molecule has 3 rings (SSSR count). The van der Waals surface area contributed by atoms with Crippen LogP contribution in [0, 0.1) is 5.92 Å². The monoisotopic (exact) mass is 334 g/mol. The second-order valence-corrected chi connectivity index (χ2v) is 5.75. The average molecular weight is 334 g/mol. The molecule has 24 heavy (non-hydrogen) atoms. The molecule has 2 aliphatic rings. The van der Waals surface area contributed by atoms with Gasteiger partial charge in [0.2, 0.25) is 18.6 Å². The highest BCUT2D eigenvalue weighted by Gasteiger charge is 2.36. The second-order valence-electron chi connectivity index (χ2n) is 5.75. The predicted octanol–water partition coefficient (Wildman–Crippen LogP) is 0.748. The zero-order valence-electron chi connectivity index (χ0n) is 13.2. The van der Waals surface area contributed by atoms with Crippen molar-refractivity contribution in [1.82, 2.24) is 5.32 Å². The number of nitrogens with one attached hydrogen (secondary N) is 1. The summed E-state index contributed by atoms with van der Waals surface area (Å²) in [5.41, 5.74) is 0.629. The Kier molecular flexibility index (Phi) is 4.28. The van der Waals surface area contributed by atoms with E-state index < -0.39 is 23.8 Å². The molecular formula is C16H18N2O6. The van der Waals surface area contributed by atoms with Crippen molar-refractivity contribution in [3.8, 4) is 11.5 Å². The SMILES string of the molecule is CCC(NC(=O)C1CC(=O)N(c2ccc3c(c2)OCO3)C1)C(=O)O. The Morgan fingerprint density at radius 2 is 2.12 bits per heavy atom. The fourth-order valence-corrected chi connectivity index (χ4v) is 2.81. The van der Waals surface area contributed by atoms with Gasteiger partial charge in [-0.15, -0.1) is 0 Å². The van der Waals surface area contributed by atoms with Gasteiger partial charge in [-0.25, -0.2) is 4.79 Å². The maximum absolute atomic E-state index is 12.2. The summed E-state index contributed by atoms with van der Waals surface area (Å²) in [7, 11) is 0. The molecule has 0 radical (unpaired) electrons. The Morgan fingerprint density at radius 3 is 2.83 bits per heavy atom. The van der Waals surface area contributed by atoms with Gasteiger partial charge in [-0.2, -0.15) is 0 Å². The summed E-state index contributed by atoms with van der Waals surface area (Å²) in [6, 6.07) is 4.22. The summed E-state index contributed by atoms with van der Waals surface area (Å²) in [5.74, 6) is -1.07. The number of carboxylic acids is 1. The number of amides is 2. The first kappa shape index (κ1) is 16.1. The van der Waals surface area contributed by atoms with E-state index in [9.17, 15) is 14.4 Å². The van der Waals surface area contributed by atoms with E-state index in [2.05, 4.69) is 5.32 Å². The summed E-state index contributed by atoms with van der Waals surface area (Å²) in [5, 5.41) is 11.5. The maximum atomic E-state index is 12.2. The van der Waals surface area contributed by atoms with Gasteiger partial charge in [0.15, 0.2) is 11.5 Å².